The largest absolute Gasteiger partial charge is 0.494 e. The van der Waals surface area contributed by atoms with E-state index < -0.39 is 20.6 Å². The zero-order valence-corrected chi connectivity index (χ0v) is 15.2. The van der Waals surface area contributed by atoms with Crippen LogP contribution in [0.4, 0.5) is 5.69 Å². The van der Waals surface area contributed by atoms with Gasteiger partial charge in [0.05, 0.1) is 17.6 Å². The topological polar surface area (TPSA) is 89.8 Å². The Bertz CT molecular complexity index is 896. The summed E-state index contributed by atoms with van der Waals surface area (Å²) in [6.45, 7) is 2.79. The normalized spacial score (nSPS) is 18.0. The number of rotatable bonds is 6. The lowest BCUT2D eigenvalue weighted by Crippen LogP contribution is -2.31. The first-order valence-electron chi connectivity index (χ1n) is 8.43. The Balaban J connectivity index is 1.96. The second-order valence-electron chi connectivity index (χ2n) is 6.00. The number of nitrogens with zero attached hydrogens (tertiary/aromatic N) is 2. The van der Waals surface area contributed by atoms with Crippen molar-refractivity contribution < 1.29 is 18.1 Å². The summed E-state index contributed by atoms with van der Waals surface area (Å²) in [6.07, 6.45) is 1.38. The first kappa shape index (κ1) is 18.3. The number of nitro groups is 1. The van der Waals surface area contributed by atoms with Gasteiger partial charge in [0.1, 0.15) is 5.75 Å². The van der Waals surface area contributed by atoms with E-state index in [2.05, 4.69) is 0 Å². The molecule has 2 aromatic carbocycles. The summed E-state index contributed by atoms with van der Waals surface area (Å²) in [5.74, 6) is 0.724. The third-order valence-corrected chi connectivity index (χ3v) is 6.38. The lowest BCUT2D eigenvalue weighted by atomic mass is 10.1. The minimum atomic E-state index is -3.97. The molecule has 1 unspecified atom stereocenters. The third kappa shape index (κ3) is 3.42. The molecule has 1 heterocycles. The number of hydrogen-bond donors (Lipinski definition) is 0. The number of benzene rings is 2. The molecule has 1 aliphatic heterocycles. The van der Waals surface area contributed by atoms with Crippen molar-refractivity contribution in [2.75, 3.05) is 13.2 Å². The van der Waals surface area contributed by atoms with Crippen LogP contribution in [0, 0.1) is 10.1 Å². The van der Waals surface area contributed by atoms with E-state index in [0.29, 0.717) is 26.0 Å². The summed E-state index contributed by atoms with van der Waals surface area (Å²) in [7, 11) is -3.97. The van der Waals surface area contributed by atoms with Crippen LogP contribution in [-0.4, -0.2) is 30.8 Å². The zero-order chi connectivity index (χ0) is 18.7. The van der Waals surface area contributed by atoms with Gasteiger partial charge in [-0.25, -0.2) is 8.42 Å². The van der Waals surface area contributed by atoms with E-state index in [4.69, 9.17) is 4.74 Å². The van der Waals surface area contributed by atoms with Gasteiger partial charge in [0.15, 0.2) is 4.90 Å². The molecule has 138 valence electrons. The fraction of sp³-hybridized carbons (Fsp3) is 0.333. The second-order valence-corrected chi connectivity index (χ2v) is 7.86. The lowest BCUT2D eigenvalue weighted by Gasteiger charge is -2.24. The van der Waals surface area contributed by atoms with Crippen LogP contribution in [0.2, 0.25) is 0 Å². The van der Waals surface area contributed by atoms with E-state index in [9.17, 15) is 18.5 Å². The van der Waals surface area contributed by atoms with Crippen molar-refractivity contribution in [3.63, 3.8) is 0 Å². The van der Waals surface area contributed by atoms with E-state index in [-0.39, 0.29) is 10.9 Å². The maximum atomic E-state index is 13.1. The molecule has 26 heavy (non-hydrogen) atoms. The molecule has 0 N–H and O–H groups in total. The first-order valence-corrected chi connectivity index (χ1v) is 9.87. The van der Waals surface area contributed by atoms with Gasteiger partial charge in [-0.1, -0.05) is 24.3 Å². The van der Waals surface area contributed by atoms with E-state index in [1.165, 1.54) is 28.6 Å². The number of ether oxygens (including phenoxy) is 1. The molecule has 0 saturated carbocycles. The van der Waals surface area contributed by atoms with Crippen LogP contribution in [0.3, 0.4) is 0 Å². The molecule has 0 spiro atoms. The van der Waals surface area contributed by atoms with Crippen molar-refractivity contribution in [1.29, 1.82) is 0 Å². The molecule has 1 aliphatic rings. The SMILES string of the molecule is CCOc1ccc(C2CCCN2S(=O)(=O)c2ccccc2[N+](=O)[O-])cc1. The fourth-order valence-electron chi connectivity index (χ4n) is 3.27. The van der Waals surface area contributed by atoms with Crippen LogP contribution >= 0.6 is 0 Å². The molecular formula is C18H20N2O5S. The number of hydrogen-bond acceptors (Lipinski definition) is 5. The molecular weight excluding hydrogens is 356 g/mol. The maximum absolute atomic E-state index is 13.1. The number of para-hydroxylation sites is 1. The maximum Gasteiger partial charge on any atom is 0.289 e. The Kier molecular flexibility index (Phi) is 5.24. The Morgan fingerprint density at radius 2 is 1.88 bits per heavy atom. The van der Waals surface area contributed by atoms with Gasteiger partial charge in [-0.2, -0.15) is 4.31 Å². The van der Waals surface area contributed by atoms with Gasteiger partial charge in [-0.3, -0.25) is 10.1 Å². The minimum absolute atomic E-state index is 0.261. The first-order chi connectivity index (χ1) is 12.4. The Morgan fingerprint density at radius 1 is 1.19 bits per heavy atom. The van der Waals surface area contributed by atoms with Crippen molar-refractivity contribution in [2.45, 2.75) is 30.7 Å². The monoisotopic (exact) mass is 376 g/mol. The minimum Gasteiger partial charge on any atom is -0.494 e. The summed E-state index contributed by atoms with van der Waals surface area (Å²) in [4.78, 5) is 10.3. The number of sulfonamides is 1. The molecule has 1 atom stereocenters. The molecule has 2 aromatic rings. The molecule has 7 nitrogen and oxygen atoms in total. The molecule has 8 heteroatoms. The molecule has 3 rings (SSSR count). The van der Waals surface area contributed by atoms with E-state index >= 15 is 0 Å². The highest BCUT2D eigenvalue weighted by Crippen LogP contribution is 2.38. The van der Waals surface area contributed by atoms with Crippen LogP contribution in [0.15, 0.2) is 53.4 Å². The van der Waals surface area contributed by atoms with Crippen LogP contribution < -0.4 is 4.74 Å². The van der Waals surface area contributed by atoms with Gasteiger partial charge in [0.2, 0.25) is 10.0 Å². The van der Waals surface area contributed by atoms with Gasteiger partial charge in [0, 0.05) is 12.6 Å². The van der Waals surface area contributed by atoms with Crippen molar-refractivity contribution in [3.05, 3.63) is 64.2 Å². The van der Waals surface area contributed by atoms with Crippen molar-refractivity contribution >= 4 is 15.7 Å². The highest BCUT2D eigenvalue weighted by atomic mass is 32.2. The zero-order valence-electron chi connectivity index (χ0n) is 14.4. The predicted molar refractivity (Wildman–Crippen MR) is 96.6 cm³/mol. The van der Waals surface area contributed by atoms with Gasteiger partial charge < -0.3 is 4.74 Å². The van der Waals surface area contributed by atoms with E-state index in [0.717, 1.165) is 11.3 Å². The molecule has 1 fully saturated rings. The average molecular weight is 376 g/mol. The quantitative estimate of drug-likeness (QED) is 0.568. The van der Waals surface area contributed by atoms with Crippen LogP contribution in [0.1, 0.15) is 31.4 Å². The molecule has 0 radical (unpaired) electrons. The summed E-state index contributed by atoms with van der Waals surface area (Å²) < 4.78 is 33.0. The van der Waals surface area contributed by atoms with Crippen LogP contribution in [-0.2, 0) is 10.0 Å². The molecule has 1 saturated heterocycles. The Hall–Kier alpha value is -2.45. The highest BCUT2D eigenvalue weighted by Gasteiger charge is 2.39. The van der Waals surface area contributed by atoms with Crippen molar-refractivity contribution in [3.8, 4) is 5.75 Å². The fourth-order valence-corrected chi connectivity index (χ4v) is 5.11. The second kappa shape index (κ2) is 7.43. The van der Waals surface area contributed by atoms with Gasteiger partial charge in [-0.05, 0) is 43.5 Å². The smallest absolute Gasteiger partial charge is 0.289 e. The van der Waals surface area contributed by atoms with Gasteiger partial charge >= 0.3 is 0 Å². The predicted octanol–water partition coefficient (Wildman–Crippen LogP) is 3.52. The molecule has 0 bridgehead atoms. The van der Waals surface area contributed by atoms with Crippen LogP contribution in [0.5, 0.6) is 5.75 Å². The summed E-state index contributed by atoms with van der Waals surface area (Å²) in [6, 6.07) is 12.5. The molecule has 0 aliphatic carbocycles. The summed E-state index contributed by atoms with van der Waals surface area (Å²) in [5, 5.41) is 11.2. The van der Waals surface area contributed by atoms with Crippen molar-refractivity contribution in [1.82, 2.24) is 4.31 Å². The average Bonchev–Trinajstić information content (AvgIpc) is 3.13. The summed E-state index contributed by atoms with van der Waals surface area (Å²) in [5.41, 5.74) is 0.456. The summed E-state index contributed by atoms with van der Waals surface area (Å²) >= 11 is 0. The Morgan fingerprint density at radius 3 is 2.54 bits per heavy atom. The number of nitro benzene ring substituents is 1. The third-order valence-electron chi connectivity index (χ3n) is 4.43. The Labute approximate surface area is 152 Å². The van der Waals surface area contributed by atoms with Gasteiger partial charge in [0.25, 0.3) is 5.69 Å². The van der Waals surface area contributed by atoms with Crippen molar-refractivity contribution in [2.24, 2.45) is 0 Å². The highest BCUT2D eigenvalue weighted by molar-refractivity contribution is 7.89. The standard InChI is InChI=1S/C18H20N2O5S/c1-2-25-15-11-9-14(10-12-15)16-7-5-13-19(16)26(23,24)18-8-4-3-6-17(18)20(21)22/h3-4,6,8-12,16H,2,5,7,13H2,1H3. The van der Waals surface area contributed by atoms with E-state index in [1.807, 2.05) is 31.2 Å². The van der Waals surface area contributed by atoms with E-state index in [1.54, 1.807) is 0 Å². The van der Waals surface area contributed by atoms with Gasteiger partial charge in [-0.15, -0.1) is 0 Å². The van der Waals surface area contributed by atoms with Crippen LogP contribution in [0.25, 0.3) is 0 Å². The lowest BCUT2D eigenvalue weighted by molar-refractivity contribution is -0.387. The molecule has 0 amide bonds. The molecule has 0 aromatic heterocycles.